The fraction of sp³-hybridized carbons (Fsp3) is 0.500. The number of aliphatic hydroxyl groups is 1. The fourth-order valence-electron chi connectivity index (χ4n) is 6.56. The predicted molar refractivity (Wildman–Crippen MR) is 216 cm³/mol. The van der Waals surface area contributed by atoms with Crippen LogP contribution in [0, 0.1) is 23.0 Å². The van der Waals surface area contributed by atoms with Crippen molar-refractivity contribution >= 4 is 29.6 Å². The molecule has 0 aliphatic carbocycles. The third kappa shape index (κ3) is 13.5. The Bertz CT molecular complexity index is 1870. The summed E-state index contributed by atoms with van der Waals surface area (Å²) in [4.78, 5) is 64.7. The molecule has 9 N–H and O–H groups in total. The first-order valence-corrected chi connectivity index (χ1v) is 19.5. The number of carboxylic acids is 1. The van der Waals surface area contributed by atoms with Crippen molar-refractivity contribution in [3.63, 3.8) is 0 Å². The summed E-state index contributed by atoms with van der Waals surface area (Å²) in [5, 5.41) is 27.4. The van der Waals surface area contributed by atoms with E-state index in [1.165, 1.54) is 11.8 Å². The van der Waals surface area contributed by atoms with Gasteiger partial charge in [0.25, 0.3) is 0 Å². The number of aliphatic hydroxyl groups excluding tert-OH is 1. The molecule has 318 valence electrons. The van der Waals surface area contributed by atoms with Crippen molar-refractivity contribution in [3.05, 3.63) is 83.7 Å². The maximum Gasteiger partial charge on any atom is 0.326 e. The molecule has 5 atom stereocenters. The van der Waals surface area contributed by atoms with Gasteiger partial charge in [-0.2, -0.15) is 0 Å². The van der Waals surface area contributed by atoms with Crippen LogP contribution in [0.2, 0.25) is 0 Å². The first-order chi connectivity index (χ1) is 27.2. The van der Waals surface area contributed by atoms with Crippen LogP contribution in [-0.2, 0) is 30.5 Å². The molecule has 0 saturated carbocycles. The molecule has 3 aromatic rings. The van der Waals surface area contributed by atoms with Gasteiger partial charge in [-0.15, -0.1) is 0 Å². The standard InChI is InChI=1S/C42H59F2N7O7/c1-25(2)36(46)40(56)48-26(3)38(54)49-33(41(57)58)14-10-11-18-47-39(55)32(45)17-19-51(35(53)24-52)37(42(4,5)6)34-20-28(30-21-29(43)15-16-31(30)44)23-50(34)22-27-12-8-7-9-13-27/h7-9,12-13,15-16,20-21,23,25-26,32-33,36-37,52H,10-11,14,17-19,22,24,45-46H2,1-6H3,(H,47,55)(H,48,56)(H,49,54)(H,57,58)/t26-,32-,33-,36-,37-/m0/s1. The average molecular weight is 812 g/mol. The summed E-state index contributed by atoms with van der Waals surface area (Å²) in [7, 11) is 0. The Morgan fingerprint density at radius 3 is 2.16 bits per heavy atom. The number of carboxylic acid groups (broad SMARTS) is 1. The number of unbranched alkanes of at least 4 members (excludes halogenated alkanes) is 1. The van der Waals surface area contributed by atoms with Crippen LogP contribution >= 0.6 is 0 Å². The Morgan fingerprint density at radius 2 is 1.55 bits per heavy atom. The van der Waals surface area contributed by atoms with E-state index in [1.54, 1.807) is 26.1 Å². The molecule has 0 aliphatic heterocycles. The molecule has 14 nitrogen and oxygen atoms in total. The lowest BCUT2D eigenvalue weighted by Gasteiger charge is -2.41. The largest absolute Gasteiger partial charge is 0.480 e. The molecular weight excluding hydrogens is 752 g/mol. The molecule has 3 rings (SSSR count). The second-order valence-electron chi connectivity index (χ2n) is 16.0. The van der Waals surface area contributed by atoms with Crippen LogP contribution in [0.4, 0.5) is 8.78 Å². The Kier molecular flexibility index (Phi) is 17.5. The van der Waals surface area contributed by atoms with Gasteiger partial charge in [0.05, 0.1) is 18.1 Å². The van der Waals surface area contributed by atoms with Gasteiger partial charge in [0.1, 0.15) is 30.3 Å². The molecule has 4 amide bonds. The number of halogens is 2. The topological polar surface area (TPSA) is 222 Å². The summed E-state index contributed by atoms with van der Waals surface area (Å²) in [5.41, 5.74) is 13.4. The molecule has 0 spiro atoms. The number of benzene rings is 2. The van der Waals surface area contributed by atoms with Gasteiger partial charge in [-0.25, -0.2) is 13.6 Å². The first-order valence-electron chi connectivity index (χ1n) is 19.5. The third-order valence-electron chi connectivity index (χ3n) is 9.86. The molecule has 2 aromatic carbocycles. The van der Waals surface area contributed by atoms with Gasteiger partial charge in [0, 0.05) is 42.7 Å². The number of hydrogen-bond acceptors (Lipinski definition) is 8. The van der Waals surface area contributed by atoms with Gasteiger partial charge >= 0.3 is 5.97 Å². The van der Waals surface area contributed by atoms with Crippen LogP contribution in [0.15, 0.2) is 60.8 Å². The van der Waals surface area contributed by atoms with E-state index in [2.05, 4.69) is 16.0 Å². The maximum atomic E-state index is 15.1. The Balaban J connectivity index is 1.69. The average Bonchev–Trinajstić information content (AvgIpc) is 3.57. The molecule has 1 aromatic heterocycles. The van der Waals surface area contributed by atoms with E-state index in [4.69, 9.17) is 11.5 Å². The highest BCUT2D eigenvalue weighted by Crippen LogP contribution is 2.41. The smallest absolute Gasteiger partial charge is 0.326 e. The number of aromatic nitrogens is 1. The van der Waals surface area contributed by atoms with Gasteiger partial charge in [-0.05, 0) is 73.8 Å². The van der Waals surface area contributed by atoms with E-state index in [-0.39, 0.29) is 37.4 Å². The molecule has 0 bridgehead atoms. The van der Waals surface area contributed by atoms with E-state index in [9.17, 15) is 38.6 Å². The minimum Gasteiger partial charge on any atom is -0.480 e. The zero-order valence-electron chi connectivity index (χ0n) is 34.1. The number of nitrogens with one attached hydrogen (secondary N) is 3. The zero-order chi connectivity index (χ0) is 43.3. The summed E-state index contributed by atoms with van der Waals surface area (Å²) in [5.74, 6) is -4.97. The Hall–Kier alpha value is -5.19. The number of carbonyl (C=O) groups excluding carboxylic acids is 4. The number of amides is 4. The molecule has 0 radical (unpaired) electrons. The molecular formula is C42H59F2N7O7. The molecule has 1 heterocycles. The van der Waals surface area contributed by atoms with E-state index in [1.807, 2.05) is 55.7 Å². The lowest BCUT2D eigenvalue weighted by Crippen LogP contribution is -2.54. The van der Waals surface area contributed by atoms with Crippen LogP contribution in [-0.4, -0.2) is 93.1 Å². The van der Waals surface area contributed by atoms with Crippen molar-refractivity contribution in [2.24, 2.45) is 22.8 Å². The second-order valence-corrected chi connectivity index (χ2v) is 16.0. The predicted octanol–water partition coefficient (Wildman–Crippen LogP) is 3.45. The molecule has 0 aliphatic rings. The molecule has 58 heavy (non-hydrogen) atoms. The summed E-state index contributed by atoms with van der Waals surface area (Å²) in [6.45, 7) is 10.3. The molecule has 0 fully saturated rings. The number of rotatable bonds is 21. The quantitative estimate of drug-likeness (QED) is 0.0782. The van der Waals surface area contributed by atoms with E-state index in [0.29, 0.717) is 30.6 Å². The van der Waals surface area contributed by atoms with Gasteiger partial charge < -0.3 is 47.1 Å². The van der Waals surface area contributed by atoms with Gasteiger partial charge in [0.15, 0.2) is 0 Å². The minimum atomic E-state index is -1.25. The van der Waals surface area contributed by atoms with Crippen molar-refractivity contribution < 1.29 is 43.0 Å². The molecule has 0 unspecified atom stereocenters. The highest BCUT2D eigenvalue weighted by atomic mass is 19.1. The van der Waals surface area contributed by atoms with Crippen molar-refractivity contribution in [2.45, 2.75) is 104 Å². The highest BCUT2D eigenvalue weighted by Gasteiger charge is 2.37. The normalized spacial score (nSPS) is 14.2. The monoisotopic (exact) mass is 811 g/mol. The van der Waals surface area contributed by atoms with Crippen molar-refractivity contribution in [3.8, 4) is 11.1 Å². The highest BCUT2D eigenvalue weighted by molar-refractivity contribution is 5.91. The van der Waals surface area contributed by atoms with Crippen LogP contribution in [0.25, 0.3) is 11.1 Å². The summed E-state index contributed by atoms with van der Waals surface area (Å²) in [6, 6.07) is 9.56. The second kappa shape index (κ2) is 21.5. The molecule has 16 heteroatoms. The number of nitrogens with zero attached hydrogens (tertiary/aromatic N) is 2. The van der Waals surface area contributed by atoms with Crippen molar-refractivity contribution in [1.82, 2.24) is 25.4 Å². The fourth-order valence-corrected chi connectivity index (χ4v) is 6.56. The van der Waals surface area contributed by atoms with Crippen LogP contribution in [0.1, 0.15) is 84.5 Å². The summed E-state index contributed by atoms with van der Waals surface area (Å²) < 4.78 is 31.2. The van der Waals surface area contributed by atoms with E-state index in [0.717, 1.165) is 23.8 Å². The summed E-state index contributed by atoms with van der Waals surface area (Å²) in [6.07, 6.45) is 2.46. The Labute approximate surface area is 338 Å². The SMILES string of the molecule is CC(C)[C@H](N)C(=O)N[C@@H](C)C(=O)N[C@@H](CCCCNC(=O)[C@@H](N)CCN(C(=O)CO)[C@@H](c1cc(-c2cc(F)ccc2F)cn1Cc1ccccc1)C(C)(C)C)C(=O)O. The van der Waals surface area contributed by atoms with Crippen LogP contribution in [0.5, 0.6) is 0 Å². The first kappa shape index (κ1) is 47.2. The maximum absolute atomic E-state index is 15.1. The van der Waals surface area contributed by atoms with Crippen molar-refractivity contribution in [2.75, 3.05) is 19.7 Å². The van der Waals surface area contributed by atoms with Gasteiger partial charge in [-0.3, -0.25) is 19.2 Å². The molecule has 0 saturated heterocycles. The summed E-state index contributed by atoms with van der Waals surface area (Å²) >= 11 is 0. The van der Waals surface area contributed by atoms with Crippen LogP contribution < -0.4 is 27.4 Å². The Morgan fingerprint density at radius 1 is 0.879 bits per heavy atom. The lowest BCUT2D eigenvalue weighted by atomic mass is 9.82. The van der Waals surface area contributed by atoms with E-state index < -0.39 is 83.5 Å². The minimum absolute atomic E-state index is 0.0127. The van der Waals surface area contributed by atoms with Crippen LogP contribution in [0.3, 0.4) is 0 Å². The lowest BCUT2D eigenvalue weighted by molar-refractivity contribution is -0.142. The number of hydrogen-bond donors (Lipinski definition) is 7. The van der Waals surface area contributed by atoms with E-state index >= 15 is 4.39 Å². The van der Waals surface area contributed by atoms with Gasteiger partial charge in [0.2, 0.25) is 23.6 Å². The number of carbonyl (C=O) groups is 5. The van der Waals surface area contributed by atoms with Gasteiger partial charge in [-0.1, -0.05) is 65.0 Å². The van der Waals surface area contributed by atoms with Crippen molar-refractivity contribution in [1.29, 1.82) is 0 Å². The third-order valence-corrected chi connectivity index (χ3v) is 9.86. The zero-order valence-corrected chi connectivity index (χ0v) is 34.1. The number of nitrogens with two attached hydrogens (primary N) is 2. The number of aliphatic carboxylic acids is 1.